The summed E-state index contributed by atoms with van der Waals surface area (Å²) in [5.74, 6) is -2.08. The number of nitrogens with one attached hydrogen (secondary N) is 2. The minimum Gasteiger partial charge on any atom is -0.460 e. The summed E-state index contributed by atoms with van der Waals surface area (Å²) < 4.78 is 31.1. The number of allylic oxidation sites excluding steroid dienone is 1. The van der Waals surface area contributed by atoms with Crippen LogP contribution in [0, 0.1) is 5.92 Å². The summed E-state index contributed by atoms with van der Waals surface area (Å²) in [6, 6.07) is 13.7. The average Bonchev–Trinajstić information content (AvgIpc) is 3.94. The van der Waals surface area contributed by atoms with Crippen molar-refractivity contribution in [2.24, 2.45) is 5.92 Å². The number of ether oxygens (including phenoxy) is 5. The summed E-state index contributed by atoms with van der Waals surface area (Å²) in [6.07, 6.45) is 15.8. The molecule has 2 saturated heterocycles. The number of benzene rings is 2. The standard InChI is InChI=1S/C50H68N2O10/c1-6-8-12-25-50(26-13-9-7-2)60-43-30-37(46(55)51-31-34-15-14-17-36(27-34)47(56)52-38(32-53)22-24-44(54)61-49(3,4)5)29-42(45(43)62-50)59-48(57)39-18-11-10-16-35(39)21-19-33-20-23-40-41(28-33)58-40/h10-11,14-19,21,27,30,33,38,40-43,45,53H,6-9,12-13,20,22-26,28-29,31-32H2,1-5H3,(H,51,55)(H,52,56). The van der Waals surface area contributed by atoms with Crippen molar-refractivity contribution < 1.29 is 48.0 Å². The first-order valence-corrected chi connectivity index (χ1v) is 23.0. The van der Waals surface area contributed by atoms with Crippen LogP contribution in [-0.4, -0.2) is 83.4 Å². The summed E-state index contributed by atoms with van der Waals surface area (Å²) in [6.45, 7) is 9.46. The predicted octanol–water partition coefficient (Wildman–Crippen LogP) is 8.29. The van der Waals surface area contributed by atoms with Gasteiger partial charge in [-0.1, -0.05) is 82.0 Å². The van der Waals surface area contributed by atoms with Gasteiger partial charge in [-0.05, 0) is 101 Å². The molecule has 62 heavy (non-hydrogen) atoms. The van der Waals surface area contributed by atoms with Crippen molar-refractivity contribution >= 4 is 29.8 Å². The van der Waals surface area contributed by atoms with E-state index in [9.17, 15) is 24.3 Å². The number of amides is 2. The maximum Gasteiger partial charge on any atom is 0.339 e. The summed E-state index contributed by atoms with van der Waals surface area (Å²) in [4.78, 5) is 53.6. The minimum atomic E-state index is -0.844. The molecule has 0 bridgehead atoms. The molecule has 2 heterocycles. The first-order chi connectivity index (χ1) is 29.8. The Morgan fingerprint density at radius 3 is 2.40 bits per heavy atom. The zero-order chi connectivity index (χ0) is 44.3. The fraction of sp³-hybridized carbons (Fsp3) is 0.600. The van der Waals surface area contributed by atoms with E-state index in [2.05, 4.69) is 30.6 Å². The van der Waals surface area contributed by atoms with Gasteiger partial charge in [-0.2, -0.15) is 0 Å². The Labute approximate surface area is 367 Å². The molecule has 12 nitrogen and oxygen atoms in total. The Bertz CT molecular complexity index is 1910. The van der Waals surface area contributed by atoms with E-state index in [-0.39, 0.29) is 38.3 Å². The Balaban J connectivity index is 1.14. The maximum atomic E-state index is 14.1. The second-order valence-electron chi connectivity index (χ2n) is 18.4. The van der Waals surface area contributed by atoms with E-state index < -0.39 is 53.6 Å². The van der Waals surface area contributed by atoms with Crippen LogP contribution in [0.5, 0.6) is 0 Å². The highest BCUT2D eigenvalue weighted by atomic mass is 16.8. The number of carbonyl (C=O) groups excluding carboxylic acids is 4. The van der Waals surface area contributed by atoms with Crippen LogP contribution in [0.15, 0.2) is 66.3 Å². The summed E-state index contributed by atoms with van der Waals surface area (Å²) in [5, 5.41) is 15.7. The highest BCUT2D eigenvalue weighted by Crippen LogP contribution is 2.44. The second-order valence-corrected chi connectivity index (χ2v) is 18.4. The molecule has 2 aromatic rings. The number of epoxide rings is 1. The average molecular weight is 857 g/mol. The van der Waals surface area contributed by atoms with Crippen molar-refractivity contribution in [2.75, 3.05) is 6.61 Å². The molecule has 338 valence electrons. The van der Waals surface area contributed by atoms with Gasteiger partial charge in [0.1, 0.15) is 23.9 Å². The highest BCUT2D eigenvalue weighted by molar-refractivity contribution is 5.96. The van der Waals surface area contributed by atoms with E-state index in [1.807, 2.05) is 36.4 Å². The minimum absolute atomic E-state index is 0.0460. The molecule has 0 spiro atoms. The lowest BCUT2D eigenvalue weighted by Gasteiger charge is -2.31. The van der Waals surface area contributed by atoms with Crippen molar-refractivity contribution in [3.8, 4) is 0 Å². The van der Waals surface area contributed by atoms with Gasteiger partial charge in [-0.25, -0.2) is 4.79 Å². The molecule has 2 amide bonds. The number of unbranched alkanes of at least 4 members (excludes halogenated alkanes) is 4. The molecule has 2 aliphatic heterocycles. The number of esters is 2. The molecule has 7 unspecified atom stereocenters. The number of aliphatic hydroxyl groups is 1. The molecule has 12 heteroatoms. The zero-order valence-electron chi connectivity index (χ0n) is 37.3. The molecule has 2 aromatic carbocycles. The number of rotatable bonds is 21. The van der Waals surface area contributed by atoms with E-state index in [1.54, 1.807) is 45.0 Å². The van der Waals surface area contributed by atoms with E-state index >= 15 is 0 Å². The quantitative estimate of drug-likeness (QED) is 0.0633. The number of hydrogen-bond acceptors (Lipinski definition) is 10. The van der Waals surface area contributed by atoms with Gasteiger partial charge < -0.3 is 39.4 Å². The Hall–Kier alpha value is -4.36. The van der Waals surface area contributed by atoms with E-state index in [4.69, 9.17) is 23.7 Å². The van der Waals surface area contributed by atoms with Crippen LogP contribution in [0.1, 0.15) is 156 Å². The van der Waals surface area contributed by atoms with Crippen LogP contribution in [0.2, 0.25) is 0 Å². The van der Waals surface area contributed by atoms with E-state index in [0.29, 0.717) is 53.2 Å². The second kappa shape index (κ2) is 21.8. The van der Waals surface area contributed by atoms with Gasteiger partial charge in [0.05, 0.1) is 30.4 Å². The summed E-state index contributed by atoms with van der Waals surface area (Å²) >= 11 is 0. The normalized spacial score (nSPS) is 24.3. The SMILES string of the molecule is CCCCCC1(CCCCC)OC2C=C(C(=O)NCc3cccc(C(=O)NC(CO)CCC(=O)OC(C)(C)C)c3)CC(OC(=O)c3ccccc3C=CC3CCC4OC4C3)C2O1. The van der Waals surface area contributed by atoms with Gasteiger partial charge in [0, 0.05) is 43.4 Å². The molecule has 2 aliphatic carbocycles. The Morgan fingerprint density at radius 1 is 0.935 bits per heavy atom. The third kappa shape index (κ3) is 13.3. The molecule has 0 aromatic heterocycles. The van der Waals surface area contributed by atoms with Crippen molar-refractivity contribution in [1.29, 1.82) is 0 Å². The largest absolute Gasteiger partial charge is 0.460 e. The molecular formula is C50H68N2O10. The van der Waals surface area contributed by atoms with Crippen molar-refractivity contribution in [1.82, 2.24) is 10.6 Å². The first-order valence-electron chi connectivity index (χ1n) is 23.0. The van der Waals surface area contributed by atoms with Crippen molar-refractivity contribution in [2.45, 2.75) is 179 Å². The van der Waals surface area contributed by atoms with E-state index in [0.717, 1.165) is 63.4 Å². The van der Waals surface area contributed by atoms with E-state index in [1.165, 1.54) is 0 Å². The smallest absolute Gasteiger partial charge is 0.339 e. The molecule has 6 rings (SSSR count). The molecule has 1 saturated carbocycles. The molecule has 3 fully saturated rings. The molecule has 4 aliphatic rings. The topological polar surface area (TPSA) is 162 Å². The monoisotopic (exact) mass is 856 g/mol. The lowest BCUT2D eigenvalue weighted by Crippen LogP contribution is -2.43. The lowest BCUT2D eigenvalue weighted by atomic mass is 9.88. The van der Waals surface area contributed by atoms with Crippen LogP contribution in [-0.2, 0) is 39.8 Å². The van der Waals surface area contributed by atoms with Gasteiger partial charge >= 0.3 is 11.9 Å². The summed E-state index contributed by atoms with van der Waals surface area (Å²) in [7, 11) is 0. The third-order valence-corrected chi connectivity index (χ3v) is 12.1. The van der Waals surface area contributed by atoms with Crippen LogP contribution in [0.3, 0.4) is 0 Å². The Kier molecular flexibility index (Phi) is 16.6. The van der Waals surface area contributed by atoms with Crippen LogP contribution < -0.4 is 10.6 Å². The number of fused-ring (bicyclic) bond motifs is 2. The molecule has 7 atom stereocenters. The number of aliphatic hydroxyl groups excluding tert-OH is 1. The van der Waals surface area contributed by atoms with Crippen LogP contribution >= 0.6 is 0 Å². The Morgan fingerprint density at radius 2 is 1.69 bits per heavy atom. The summed E-state index contributed by atoms with van der Waals surface area (Å²) in [5.41, 5.74) is 2.06. The number of hydrogen-bond donors (Lipinski definition) is 3. The highest BCUT2D eigenvalue weighted by Gasteiger charge is 2.52. The van der Waals surface area contributed by atoms with Crippen LogP contribution in [0.25, 0.3) is 6.08 Å². The fourth-order valence-corrected chi connectivity index (χ4v) is 8.76. The van der Waals surface area contributed by atoms with Crippen molar-refractivity contribution in [3.05, 3.63) is 88.5 Å². The lowest BCUT2D eigenvalue weighted by molar-refractivity contribution is -0.190. The van der Waals surface area contributed by atoms with Gasteiger partial charge in [-0.3, -0.25) is 14.4 Å². The van der Waals surface area contributed by atoms with Gasteiger partial charge in [0.25, 0.3) is 5.91 Å². The maximum absolute atomic E-state index is 14.1. The zero-order valence-corrected chi connectivity index (χ0v) is 37.3. The van der Waals surface area contributed by atoms with Crippen LogP contribution in [0.4, 0.5) is 0 Å². The van der Waals surface area contributed by atoms with Gasteiger partial charge in [-0.15, -0.1) is 0 Å². The molecule has 0 radical (unpaired) electrons. The van der Waals surface area contributed by atoms with Crippen molar-refractivity contribution in [3.63, 3.8) is 0 Å². The predicted molar refractivity (Wildman–Crippen MR) is 236 cm³/mol. The number of carbonyl (C=O) groups is 4. The molecule has 3 N–H and O–H groups in total. The first kappa shape index (κ1) is 47.1. The third-order valence-electron chi connectivity index (χ3n) is 12.1. The van der Waals surface area contributed by atoms with Gasteiger partial charge in [0.15, 0.2) is 5.79 Å². The van der Waals surface area contributed by atoms with Gasteiger partial charge in [0.2, 0.25) is 5.91 Å². The molecular weight excluding hydrogens is 789 g/mol. The fourth-order valence-electron chi connectivity index (χ4n) is 8.76.